The minimum atomic E-state index is 0.208. The number of fused-ring (bicyclic) bond motifs is 1. The molecule has 1 aliphatic carbocycles. The number of hydrogen-bond donors (Lipinski definition) is 0. The lowest BCUT2D eigenvalue weighted by atomic mass is 9.76. The molecule has 112 valence electrons. The molecular formula is C19H26N2. The van der Waals surface area contributed by atoms with Crippen molar-refractivity contribution in [1.82, 2.24) is 0 Å². The molecule has 1 aliphatic heterocycles. The first-order chi connectivity index (χ1) is 10.2. The quantitative estimate of drug-likeness (QED) is 0.800. The van der Waals surface area contributed by atoms with Crippen LogP contribution in [0.1, 0.15) is 50.2 Å². The van der Waals surface area contributed by atoms with Crippen molar-refractivity contribution in [2.24, 2.45) is 11.8 Å². The molecule has 1 aromatic rings. The zero-order valence-electron chi connectivity index (χ0n) is 13.3. The van der Waals surface area contributed by atoms with Gasteiger partial charge in [-0.25, -0.2) is 0 Å². The van der Waals surface area contributed by atoms with E-state index in [0.717, 1.165) is 18.9 Å². The van der Waals surface area contributed by atoms with E-state index in [0.29, 0.717) is 6.04 Å². The summed E-state index contributed by atoms with van der Waals surface area (Å²) in [5.41, 5.74) is 4.23. The molecule has 3 atom stereocenters. The number of rotatable bonds is 2. The summed E-state index contributed by atoms with van der Waals surface area (Å²) in [6.07, 6.45) is 7.18. The fourth-order valence-electron chi connectivity index (χ4n) is 4.20. The van der Waals surface area contributed by atoms with Gasteiger partial charge in [0.05, 0.1) is 12.0 Å². The van der Waals surface area contributed by atoms with Crippen molar-refractivity contribution >= 4 is 5.69 Å². The van der Waals surface area contributed by atoms with Crippen LogP contribution >= 0.6 is 0 Å². The van der Waals surface area contributed by atoms with E-state index in [1.165, 1.54) is 48.9 Å². The van der Waals surface area contributed by atoms with Gasteiger partial charge in [-0.05, 0) is 56.6 Å². The highest BCUT2D eigenvalue weighted by molar-refractivity contribution is 5.57. The highest BCUT2D eigenvalue weighted by atomic mass is 15.2. The van der Waals surface area contributed by atoms with Gasteiger partial charge >= 0.3 is 0 Å². The minimum Gasteiger partial charge on any atom is -0.367 e. The van der Waals surface area contributed by atoms with Crippen molar-refractivity contribution in [2.45, 2.75) is 58.4 Å². The Morgan fingerprint density at radius 3 is 2.95 bits per heavy atom. The second-order valence-electron chi connectivity index (χ2n) is 6.82. The Morgan fingerprint density at radius 1 is 1.33 bits per heavy atom. The van der Waals surface area contributed by atoms with Crippen molar-refractivity contribution in [3.05, 3.63) is 29.3 Å². The fraction of sp³-hybridized carbons (Fsp3) is 0.632. The Morgan fingerprint density at radius 2 is 2.19 bits per heavy atom. The highest BCUT2D eigenvalue weighted by Gasteiger charge is 2.35. The maximum absolute atomic E-state index is 9.57. The van der Waals surface area contributed by atoms with E-state index < -0.39 is 0 Å². The van der Waals surface area contributed by atoms with E-state index in [9.17, 15) is 5.26 Å². The fourth-order valence-corrected chi connectivity index (χ4v) is 4.20. The van der Waals surface area contributed by atoms with Crippen molar-refractivity contribution < 1.29 is 0 Å². The van der Waals surface area contributed by atoms with Crippen LogP contribution in [0.3, 0.4) is 0 Å². The zero-order valence-corrected chi connectivity index (χ0v) is 13.3. The molecule has 0 radical (unpaired) electrons. The van der Waals surface area contributed by atoms with Crippen LogP contribution in [0.15, 0.2) is 18.2 Å². The van der Waals surface area contributed by atoms with Gasteiger partial charge in [-0.15, -0.1) is 0 Å². The van der Waals surface area contributed by atoms with Crippen LogP contribution in [0.5, 0.6) is 0 Å². The third kappa shape index (κ3) is 2.79. The van der Waals surface area contributed by atoms with Crippen molar-refractivity contribution in [3.8, 4) is 6.07 Å². The average molecular weight is 282 g/mol. The minimum absolute atomic E-state index is 0.208. The predicted molar refractivity (Wildman–Crippen MR) is 87.4 cm³/mol. The lowest BCUT2D eigenvalue weighted by Crippen LogP contribution is -2.46. The third-order valence-corrected chi connectivity index (χ3v) is 5.46. The molecule has 0 saturated heterocycles. The first kappa shape index (κ1) is 14.4. The van der Waals surface area contributed by atoms with Crippen LogP contribution in [0.4, 0.5) is 5.69 Å². The summed E-state index contributed by atoms with van der Waals surface area (Å²) >= 11 is 0. The zero-order chi connectivity index (χ0) is 14.8. The number of nitrogens with zero attached hydrogens (tertiary/aromatic N) is 2. The Labute approximate surface area is 128 Å². The normalized spacial score (nSPS) is 28.8. The maximum atomic E-state index is 9.57. The summed E-state index contributed by atoms with van der Waals surface area (Å²) in [4.78, 5) is 2.56. The van der Waals surface area contributed by atoms with Crippen molar-refractivity contribution in [1.29, 1.82) is 5.26 Å². The van der Waals surface area contributed by atoms with Gasteiger partial charge < -0.3 is 4.90 Å². The van der Waals surface area contributed by atoms with Gasteiger partial charge in [0.15, 0.2) is 0 Å². The smallest absolute Gasteiger partial charge is 0.0677 e. The first-order valence-corrected chi connectivity index (χ1v) is 8.48. The lowest BCUT2D eigenvalue weighted by Gasteiger charge is -2.44. The second-order valence-corrected chi connectivity index (χ2v) is 6.82. The van der Waals surface area contributed by atoms with Gasteiger partial charge in [0.25, 0.3) is 0 Å². The molecule has 0 bridgehead atoms. The van der Waals surface area contributed by atoms with Gasteiger partial charge in [-0.2, -0.15) is 5.26 Å². The summed E-state index contributed by atoms with van der Waals surface area (Å²) in [7, 11) is 0. The number of benzene rings is 1. The molecule has 0 N–H and O–H groups in total. The molecule has 2 aliphatic rings. The molecule has 1 heterocycles. The van der Waals surface area contributed by atoms with Crippen molar-refractivity contribution in [3.63, 3.8) is 0 Å². The van der Waals surface area contributed by atoms with E-state index in [1.807, 2.05) is 0 Å². The van der Waals surface area contributed by atoms with Crippen LogP contribution < -0.4 is 4.90 Å². The topological polar surface area (TPSA) is 27.0 Å². The van der Waals surface area contributed by atoms with E-state index in [-0.39, 0.29) is 5.92 Å². The Balaban J connectivity index is 1.91. The molecule has 1 fully saturated rings. The average Bonchev–Trinajstić information content (AvgIpc) is 2.53. The van der Waals surface area contributed by atoms with Crippen molar-refractivity contribution in [2.75, 3.05) is 11.4 Å². The summed E-state index contributed by atoms with van der Waals surface area (Å²) in [6.45, 7) is 5.59. The SMILES string of the molecule is CCC1CCC(C#N)C(N2CCCc3cc(C)ccc32)C1. The standard InChI is InChI=1S/C19H26N2/c1-3-15-7-8-17(13-20)19(12-15)21-10-4-5-16-11-14(2)6-9-18(16)21/h6,9,11,15,17,19H,3-5,7-8,10,12H2,1-2H3. The third-order valence-electron chi connectivity index (χ3n) is 5.46. The second kappa shape index (κ2) is 6.10. The van der Waals surface area contributed by atoms with Gasteiger partial charge in [0.2, 0.25) is 0 Å². The highest BCUT2D eigenvalue weighted by Crippen LogP contribution is 2.39. The number of aryl methyl sites for hydroxylation is 2. The largest absolute Gasteiger partial charge is 0.367 e. The number of hydrogen-bond acceptors (Lipinski definition) is 2. The van der Waals surface area contributed by atoms with Crippen LogP contribution in [0.2, 0.25) is 0 Å². The molecular weight excluding hydrogens is 256 g/mol. The Hall–Kier alpha value is -1.49. The van der Waals surface area contributed by atoms with Crippen LogP contribution in [0.25, 0.3) is 0 Å². The summed E-state index contributed by atoms with van der Waals surface area (Å²) < 4.78 is 0. The van der Waals surface area contributed by atoms with Gasteiger partial charge in [0.1, 0.15) is 0 Å². The lowest BCUT2D eigenvalue weighted by molar-refractivity contribution is 0.258. The molecule has 21 heavy (non-hydrogen) atoms. The van der Waals surface area contributed by atoms with Gasteiger partial charge in [-0.1, -0.05) is 31.0 Å². The molecule has 1 saturated carbocycles. The summed E-state index contributed by atoms with van der Waals surface area (Å²) in [6, 6.07) is 9.87. The molecule has 1 aromatic carbocycles. The molecule has 0 spiro atoms. The van der Waals surface area contributed by atoms with Crippen LogP contribution in [0, 0.1) is 30.1 Å². The molecule has 3 unspecified atom stereocenters. The predicted octanol–water partition coefficient (Wildman–Crippen LogP) is 4.47. The number of anilines is 1. The monoisotopic (exact) mass is 282 g/mol. The van der Waals surface area contributed by atoms with E-state index in [4.69, 9.17) is 0 Å². The molecule has 0 amide bonds. The first-order valence-electron chi connectivity index (χ1n) is 8.48. The Bertz CT molecular complexity index is 543. The molecule has 2 nitrogen and oxygen atoms in total. The number of nitriles is 1. The van der Waals surface area contributed by atoms with E-state index >= 15 is 0 Å². The molecule has 0 aromatic heterocycles. The van der Waals surface area contributed by atoms with Gasteiger partial charge in [0, 0.05) is 18.3 Å². The van der Waals surface area contributed by atoms with E-state index in [1.54, 1.807) is 0 Å². The van der Waals surface area contributed by atoms with Crippen LogP contribution in [-0.4, -0.2) is 12.6 Å². The Kier molecular flexibility index (Phi) is 4.19. The maximum Gasteiger partial charge on any atom is 0.0677 e. The summed E-state index contributed by atoms with van der Waals surface area (Å²) in [5.74, 6) is 1.01. The molecule has 3 rings (SSSR count). The van der Waals surface area contributed by atoms with Crippen LogP contribution in [-0.2, 0) is 6.42 Å². The molecule has 2 heteroatoms. The summed E-state index contributed by atoms with van der Waals surface area (Å²) in [5, 5.41) is 9.57. The van der Waals surface area contributed by atoms with E-state index in [2.05, 4.69) is 43.0 Å². The van der Waals surface area contributed by atoms with Gasteiger partial charge in [-0.3, -0.25) is 0 Å².